The van der Waals surface area contributed by atoms with Gasteiger partial charge in [0.1, 0.15) is 0 Å². The van der Waals surface area contributed by atoms with Gasteiger partial charge in [-0.25, -0.2) is 0 Å². The molecule has 0 aromatic heterocycles. The maximum atomic E-state index is 11.6. The molecule has 1 saturated carbocycles. The Morgan fingerprint density at radius 3 is 2.50 bits per heavy atom. The largest absolute Gasteiger partial charge is 0.493 e. The van der Waals surface area contributed by atoms with Gasteiger partial charge in [0.25, 0.3) is 0 Å². The summed E-state index contributed by atoms with van der Waals surface area (Å²) in [6.45, 7) is 4.55. The standard InChI is InChI=1S/C21H31NO4/c1-3-25-21(23)15-22-12-10-16(11-13-22)17-8-9-19(24-2)20(14-17)26-18-6-4-5-7-18/h8-9,14,16,18H,3-7,10-13,15H2,1-2H3. The third-order valence-corrected chi connectivity index (χ3v) is 5.50. The molecular formula is C21H31NO4. The molecule has 3 rings (SSSR count). The number of carbonyl (C=O) groups excluding carboxylic acids is 1. The van der Waals surface area contributed by atoms with Gasteiger partial charge in [-0.2, -0.15) is 0 Å². The Morgan fingerprint density at radius 2 is 1.85 bits per heavy atom. The van der Waals surface area contributed by atoms with Gasteiger partial charge >= 0.3 is 5.97 Å². The SMILES string of the molecule is CCOC(=O)CN1CCC(c2ccc(OC)c(OC3CCCC3)c2)CC1. The van der Waals surface area contributed by atoms with Crippen LogP contribution in [0.3, 0.4) is 0 Å². The Kier molecular flexibility index (Phi) is 6.78. The molecule has 144 valence electrons. The summed E-state index contributed by atoms with van der Waals surface area (Å²) in [4.78, 5) is 13.8. The van der Waals surface area contributed by atoms with E-state index in [9.17, 15) is 4.79 Å². The number of esters is 1. The van der Waals surface area contributed by atoms with Crippen molar-refractivity contribution in [1.29, 1.82) is 0 Å². The molecule has 1 aliphatic carbocycles. The average Bonchev–Trinajstić information content (AvgIpc) is 3.15. The Labute approximate surface area is 156 Å². The predicted octanol–water partition coefficient (Wildman–Crippen LogP) is 3.76. The minimum Gasteiger partial charge on any atom is -0.493 e. The van der Waals surface area contributed by atoms with Gasteiger partial charge in [-0.05, 0) is 82.2 Å². The molecule has 1 aromatic carbocycles. The summed E-state index contributed by atoms with van der Waals surface area (Å²) in [6.07, 6.45) is 7.21. The number of hydrogen-bond acceptors (Lipinski definition) is 5. The molecule has 5 nitrogen and oxygen atoms in total. The van der Waals surface area contributed by atoms with E-state index >= 15 is 0 Å². The van der Waals surface area contributed by atoms with E-state index < -0.39 is 0 Å². The van der Waals surface area contributed by atoms with Gasteiger partial charge in [0.15, 0.2) is 11.5 Å². The normalized spacial score (nSPS) is 19.5. The number of benzene rings is 1. The van der Waals surface area contributed by atoms with Crippen LogP contribution in [0, 0.1) is 0 Å². The number of ether oxygens (including phenoxy) is 3. The first-order chi connectivity index (χ1) is 12.7. The van der Waals surface area contributed by atoms with Crippen molar-refractivity contribution < 1.29 is 19.0 Å². The lowest BCUT2D eigenvalue weighted by molar-refractivity contribution is -0.144. The van der Waals surface area contributed by atoms with E-state index in [2.05, 4.69) is 17.0 Å². The van der Waals surface area contributed by atoms with Gasteiger partial charge in [0.2, 0.25) is 0 Å². The van der Waals surface area contributed by atoms with E-state index in [1.165, 1.54) is 18.4 Å². The van der Waals surface area contributed by atoms with Crippen LogP contribution in [0.15, 0.2) is 18.2 Å². The first kappa shape index (κ1) is 19.0. The zero-order valence-corrected chi connectivity index (χ0v) is 16.0. The third-order valence-electron chi connectivity index (χ3n) is 5.50. The zero-order chi connectivity index (χ0) is 18.4. The quantitative estimate of drug-likeness (QED) is 0.692. The number of likely N-dealkylation sites (tertiary alicyclic amines) is 1. The highest BCUT2D eigenvalue weighted by atomic mass is 16.5. The van der Waals surface area contributed by atoms with Crippen molar-refractivity contribution in [2.75, 3.05) is 33.4 Å². The fraction of sp³-hybridized carbons (Fsp3) is 0.667. The van der Waals surface area contributed by atoms with Crippen LogP contribution < -0.4 is 9.47 Å². The van der Waals surface area contributed by atoms with Crippen LogP contribution in [-0.2, 0) is 9.53 Å². The molecule has 0 bridgehead atoms. The number of methoxy groups -OCH3 is 1. The van der Waals surface area contributed by atoms with Crippen LogP contribution in [0.25, 0.3) is 0 Å². The molecule has 5 heteroatoms. The van der Waals surface area contributed by atoms with E-state index in [0.717, 1.165) is 50.3 Å². The van der Waals surface area contributed by atoms with Crippen LogP contribution >= 0.6 is 0 Å². The van der Waals surface area contributed by atoms with Crippen LogP contribution in [0.2, 0.25) is 0 Å². The molecule has 2 aliphatic rings. The van der Waals surface area contributed by atoms with E-state index in [1.807, 2.05) is 13.0 Å². The van der Waals surface area contributed by atoms with Crippen molar-refractivity contribution in [3.05, 3.63) is 23.8 Å². The molecule has 1 aromatic rings. The highest BCUT2D eigenvalue weighted by molar-refractivity contribution is 5.71. The predicted molar refractivity (Wildman–Crippen MR) is 101 cm³/mol. The zero-order valence-electron chi connectivity index (χ0n) is 16.0. The Balaban J connectivity index is 1.60. The van der Waals surface area contributed by atoms with Gasteiger partial charge in [-0.15, -0.1) is 0 Å². The molecule has 1 heterocycles. The lowest BCUT2D eigenvalue weighted by Gasteiger charge is -2.31. The van der Waals surface area contributed by atoms with Gasteiger partial charge in [-0.3, -0.25) is 9.69 Å². The van der Waals surface area contributed by atoms with Crippen molar-refractivity contribution in [3.8, 4) is 11.5 Å². The van der Waals surface area contributed by atoms with Crippen LogP contribution in [0.5, 0.6) is 11.5 Å². The van der Waals surface area contributed by atoms with E-state index in [-0.39, 0.29) is 5.97 Å². The van der Waals surface area contributed by atoms with E-state index in [4.69, 9.17) is 14.2 Å². The van der Waals surface area contributed by atoms with E-state index in [0.29, 0.717) is 25.2 Å². The summed E-state index contributed by atoms with van der Waals surface area (Å²) in [7, 11) is 1.70. The first-order valence-electron chi connectivity index (χ1n) is 9.92. The molecule has 0 atom stereocenters. The van der Waals surface area contributed by atoms with Crippen molar-refractivity contribution >= 4 is 5.97 Å². The Hall–Kier alpha value is -1.75. The maximum Gasteiger partial charge on any atom is 0.320 e. The number of nitrogens with zero attached hydrogens (tertiary/aromatic N) is 1. The summed E-state index contributed by atoms with van der Waals surface area (Å²) in [5.74, 6) is 2.08. The number of piperidine rings is 1. The number of rotatable bonds is 7. The van der Waals surface area contributed by atoms with Crippen molar-refractivity contribution in [2.45, 2.75) is 57.5 Å². The van der Waals surface area contributed by atoms with Crippen LogP contribution in [0.4, 0.5) is 0 Å². The highest BCUT2D eigenvalue weighted by Gasteiger charge is 2.24. The van der Waals surface area contributed by atoms with Crippen LogP contribution in [0.1, 0.15) is 56.9 Å². The molecule has 0 amide bonds. The Morgan fingerprint density at radius 1 is 1.12 bits per heavy atom. The summed E-state index contributed by atoms with van der Waals surface area (Å²) in [5.41, 5.74) is 1.31. The summed E-state index contributed by atoms with van der Waals surface area (Å²) < 4.78 is 16.8. The fourth-order valence-corrected chi connectivity index (χ4v) is 4.04. The molecule has 1 saturated heterocycles. The smallest absolute Gasteiger partial charge is 0.320 e. The van der Waals surface area contributed by atoms with E-state index in [1.54, 1.807) is 7.11 Å². The molecule has 0 spiro atoms. The monoisotopic (exact) mass is 361 g/mol. The average molecular weight is 361 g/mol. The molecule has 2 fully saturated rings. The molecule has 0 unspecified atom stereocenters. The lowest BCUT2D eigenvalue weighted by atomic mass is 9.89. The topological polar surface area (TPSA) is 48.0 Å². The second kappa shape index (κ2) is 9.26. The minimum atomic E-state index is -0.123. The third kappa shape index (κ3) is 4.91. The second-order valence-corrected chi connectivity index (χ2v) is 7.29. The second-order valence-electron chi connectivity index (χ2n) is 7.29. The van der Waals surface area contributed by atoms with Gasteiger partial charge in [-0.1, -0.05) is 6.07 Å². The maximum absolute atomic E-state index is 11.6. The Bertz CT molecular complexity index is 590. The number of carbonyl (C=O) groups is 1. The van der Waals surface area contributed by atoms with Gasteiger partial charge in [0, 0.05) is 0 Å². The van der Waals surface area contributed by atoms with Crippen molar-refractivity contribution in [2.24, 2.45) is 0 Å². The summed E-state index contributed by atoms with van der Waals surface area (Å²) in [5, 5.41) is 0. The van der Waals surface area contributed by atoms with Crippen LogP contribution in [-0.4, -0.2) is 50.3 Å². The molecule has 0 N–H and O–H groups in total. The van der Waals surface area contributed by atoms with Crippen molar-refractivity contribution in [1.82, 2.24) is 4.90 Å². The summed E-state index contributed by atoms with van der Waals surface area (Å²) >= 11 is 0. The molecular weight excluding hydrogens is 330 g/mol. The fourth-order valence-electron chi connectivity index (χ4n) is 4.04. The van der Waals surface area contributed by atoms with Gasteiger partial charge in [0.05, 0.1) is 26.4 Å². The van der Waals surface area contributed by atoms with Crippen molar-refractivity contribution in [3.63, 3.8) is 0 Å². The molecule has 0 radical (unpaired) electrons. The van der Waals surface area contributed by atoms with Gasteiger partial charge < -0.3 is 14.2 Å². The summed E-state index contributed by atoms with van der Waals surface area (Å²) in [6, 6.07) is 6.36. The minimum absolute atomic E-state index is 0.123. The first-order valence-corrected chi connectivity index (χ1v) is 9.92. The molecule has 1 aliphatic heterocycles. The lowest BCUT2D eigenvalue weighted by Crippen LogP contribution is -2.37. The number of hydrogen-bond donors (Lipinski definition) is 0. The highest BCUT2D eigenvalue weighted by Crippen LogP contribution is 2.37. The molecule has 26 heavy (non-hydrogen) atoms.